The predicted octanol–water partition coefficient (Wildman–Crippen LogP) is 4.90. The van der Waals surface area contributed by atoms with Crippen LogP contribution in [0.15, 0.2) is 0 Å². The minimum absolute atomic E-state index is 0.210. The van der Waals surface area contributed by atoms with Crippen molar-refractivity contribution in [1.82, 2.24) is 10.6 Å². The number of alkyl halides is 3. The molecule has 0 bridgehead atoms. The third-order valence-electron chi connectivity index (χ3n) is 5.18. The smallest absolute Gasteiger partial charge is 0.475 e. The number of carboxylic acid groups (broad SMARTS) is 1. The Hall–Kier alpha value is -1.31. The summed E-state index contributed by atoms with van der Waals surface area (Å²) >= 11 is 0. The third kappa shape index (κ3) is 14.3. The molecule has 0 aliphatic carbocycles. The van der Waals surface area contributed by atoms with Crippen LogP contribution in [0.3, 0.4) is 0 Å². The van der Waals surface area contributed by atoms with E-state index in [1.54, 1.807) is 0 Å². The zero-order valence-corrected chi connectivity index (χ0v) is 18.0. The molecule has 1 fully saturated rings. The molecule has 0 unspecified atom stereocenters. The highest BCUT2D eigenvalue weighted by molar-refractivity contribution is 5.79. The van der Waals surface area contributed by atoms with Gasteiger partial charge in [0.05, 0.1) is 5.92 Å². The normalized spacial score (nSPS) is 18.8. The highest BCUT2D eigenvalue weighted by atomic mass is 19.4. The molecule has 5 nitrogen and oxygen atoms in total. The summed E-state index contributed by atoms with van der Waals surface area (Å²) < 4.78 is 31.7. The molecule has 1 amide bonds. The molecule has 0 aromatic rings. The monoisotopic (exact) mass is 424 g/mol. The zero-order chi connectivity index (χ0) is 22.1. The van der Waals surface area contributed by atoms with Crippen LogP contribution >= 0.6 is 0 Å². The Kier molecular flexibility index (Phi) is 15.7. The van der Waals surface area contributed by atoms with E-state index in [1.165, 1.54) is 64.2 Å². The number of amides is 1. The molecule has 8 heteroatoms. The number of hydrogen-bond donors (Lipinski definition) is 3. The fourth-order valence-corrected chi connectivity index (χ4v) is 3.42. The SMILES string of the molecule is CCCCCCCC[C@@H]1CNC[C@H]1C(=O)NCCCCCC.O=C(O)C(F)(F)F. The van der Waals surface area contributed by atoms with Gasteiger partial charge in [-0.25, -0.2) is 4.79 Å². The van der Waals surface area contributed by atoms with E-state index in [4.69, 9.17) is 9.90 Å². The predicted molar refractivity (Wildman–Crippen MR) is 109 cm³/mol. The van der Waals surface area contributed by atoms with E-state index in [2.05, 4.69) is 24.5 Å². The summed E-state index contributed by atoms with van der Waals surface area (Å²) in [4.78, 5) is 21.2. The minimum Gasteiger partial charge on any atom is -0.475 e. The fraction of sp³-hybridized carbons (Fsp3) is 0.905. The Morgan fingerprint density at radius 1 is 0.931 bits per heavy atom. The summed E-state index contributed by atoms with van der Waals surface area (Å²) in [6.45, 7) is 7.24. The molecule has 0 spiro atoms. The maximum atomic E-state index is 12.3. The highest BCUT2D eigenvalue weighted by Gasteiger charge is 2.38. The maximum absolute atomic E-state index is 12.3. The van der Waals surface area contributed by atoms with Crippen LogP contribution in [0.1, 0.15) is 84.5 Å². The second-order valence-corrected chi connectivity index (χ2v) is 7.74. The van der Waals surface area contributed by atoms with E-state index in [-0.39, 0.29) is 11.8 Å². The first-order valence-corrected chi connectivity index (χ1v) is 11.0. The van der Waals surface area contributed by atoms with E-state index in [0.29, 0.717) is 5.92 Å². The molecule has 1 aliphatic heterocycles. The van der Waals surface area contributed by atoms with E-state index in [0.717, 1.165) is 26.1 Å². The van der Waals surface area contributed by atoms with Gasteiger partial charge >= 0.3 is 12.1 Å². The van der Waals surface area contributed by atoms with Crippen molar-refractivity contribution in [1.29, 1.82) is 0 Å². The number of carboxylic acids is 1. The van der Waals surface area contributed by atoms with Gasteiger partial charge in [0.25, 0.3) is 0 Å². The van der Waals surface area contributed by atoms with E-state index < -0.39 is 12.1 Å². The first-order chi connectivity index (χ1) is 13.7. The molecular weight excluding hydrogens is 385 g/mol. The minimum atomic E-state index is -5.08. The summed E-state index contributed by atoms with van der Waals surface area (Å²) in [5, 5.41) is 13.7. The molecule has 1 heterocycles. The van der Waals surface area contributed by atoms with Crippen LogP contribution in [0.4, 0.5) is 13.2 Å². The summed E-state index contributed by atoms with van der Waals surface area (Å²) in [6.07, 6.45) is 9.07. The van der Waals surface area contributed by atoms with Crippen molar-refractivity contribution in [2.75, 3.05) is 19.6 Å². The van der Waals surface area contributed by atoms with E-state index in [9.17, 15) is 18.0 Å². The Labute approximate surface area is 173 Å². The number of carbonyl (C=O) groups is 2. The van der Waals surface area contributed by atoms with Gasteiger partial charge in [-0.05, 0) is 25.3 Å². The highest BCUT2D eigenvalue weighted by Crippen LogP contribution is 2.23. The van der Waals surface area contributed by atoms with Gasteiger partial charge in [-0.15, -0.1) is 0 Å². The standard InChI is InChI=1S/C19H38N2O.C2HF3O2/c1-3-5-7-9-10-11-13-17-15-20-16-18(17)19(22)21-14-12-8-6-4-2;3-2(4,5)1(6)7/h17-18,20H,3-16H2,1-2H3,(H,21,22);(H,6,7)/t17-,18-;/m1./s1. The number of nitrogens with one attached hydrogen (secondary N) is 2. The molecular formula is C21H39F3N2O3. The van der Waals surface area contributed by atoms with Crippen LogP contribution in [-0.2, 0) is 9.59 Å². The number of unbranched alkanes of at least 4 members (excludes halogenated alkanes) is 8. The molecule has 1 aliphatic rings. The number of halogens is 3. The van der Waals surface area contributed by atoms with Gasteiger partial charge in [0.15, 0.2) is 0 Å². The summed E-state index contributed by atoms with van der Waals surface area (Å²) in [5.41, 5.74) is 0. The van der Waals surface area contributed by atoms with Gasteiger partial charge in [0.1, 0.15) is 0 Å². The third-order valence-corrected chi connectivity index (χ3v) is 5.18. The first-order valence-electron chi connectivity index (χ1n) is 11.0. The second kappa shape index (κ2) is 16.5. The lowest BCUT2D eigenvalue weighted by molar-refractivity contribution is -0.192. The molecule has 0 radical (unpaired) electrons. The molecule has 3 N–H and O–H groups in total. The lowest BCUT2D eigenvalue weighted by Gasteiger charge is -2.18. The van der Waals surface area contributed by atoms with Gasteiger partial charge in [-0.2, -0.15) is 13.2 Å². The quantitative estimate of drug-likeness (QED) is 0.367. The summed E-state index contributed by atoms with van der Waals surface area (Å²) in [5.74, 6) is -1.70. The van der Waals surface area contributed by atoms with Crippen molar-refractivity contribution in [3.8, 4) is 0 Å². The largest absolute Gasteiger partial charge is 0.490 e. The average molecular weight is 425 g/mol. The summed E-state index contributed by atoms with van der Waals surface area (Å²) in [7, 11) is 0. The van der Waals surface area contributed by atoms with Crippen molar-refractivity contribution >= 4 is 11.9 Å². The van der Waals surface area contributed by atoms with Gasteiger partial charge in [0.2, 0.25) is 5.91 Å². The van der Waals surface area contributed by atoms with Crippen molar-refractivity contribution in [3.63, 3.8) is 0 Å². The Bertz CT molecular complexity index is 445. The topological polar surface area (TPSA) is 78.4 Å². The lowest BCUT2D eigenvalue weighted by Crippen LogP contribution is -2.35. The van der Waals surface area contributed by atoms with Crippen molar-refractivity contribution in [2.24, 2.45) is 11.8 Å². The fourth-order valence-electron chi connectivity index (χ4n) is 3.42. The molecule has 1 rings (SSSR count). The van der Waals surface area contributed by atoms with Crippen molar-refractivity contribution in [3.05, 3.63) is 0 Å². The van der Waals surface area contributed by atoms with Gasteiger partial charge in [-0.3, -0.25) is 4.79 Å². The van der Waals surface area contributed by atoms with Crippen LogP contribution in [0.5, 0.6) is 0 Å². The van der Waals surface area contributed by atoms with Crippen LogP contribution < -0.4 is 10.6 Å². The maximum Gasteiger partial charge on any atom is 0.490 e. The molecule has 29 heavy (non-hydrogen) atoms. The van der Waals surface area contributed by atoms with E-state index >= 15 is 0 Å². The van der Waals surface area contributed by atoms with Crippen molar-refractivity contribution in [2.45, 2.75) is 90.7 Å². The van der Waals surface area contributed by atoms with Gasteiger partial charge in [0, 0.05) is 13.1 Å². The van der Waals surface area contributed by atoms with E-state index in [1.807, 2.05) is 0 Å². The number of aliphatic carboxylic acids is 1. The molecule has 0 aromatic heterocycles. The number of hydrogen-bond acceptors (Lipinski definition) is 3. The lowest BCUT2D eigenvalue weighted by atomic mass is 9.90. The van der Waals surface area contributed by atoms with Crippen LogP contribution in [0, 0.1) is 11.8 Å². The Balaban J connectivity index is 0.000000956. The molecule has 0 aromatic carbocycles. The molecule has 1 saturated heterocycles. The zero-order valence-electron chi connectivity index (χ0n) is 18.0. The second-order valence-electron chi connectivity index (χ2n) is 7.74. The van der Waals surface area contributed by atoms with Crippen LogP contribution in [0.25, 0.3) is 0 Å². The number of carbonyl (C=O) groups excluding carboxylic acids is 1. The summed E-state index contributed by atoms with van der Waals surface area (Å²) in [6, 6.07) is 0. The van der Waals surface area contributed by atoms with Crippen LogP contribution in [-0.4, -0.2) is 42.8 Å². The van der Waals surface area contributed by atoms with Crippen LogP contribution in [0.2, 0.25) is 0 Å². The average Bonchev–Trinajstić information content (AvgIpc) is 3.12. The molecule has 0 saturated carbocycles. The number of rotatable bonds is 13. The van der Waals surface area contributed by atoms with Crippen molar-refractivity contribution < 1.29 is 27.9 Å². The molecule has 2 atom stereocenters. The van der Waals surface area contributed by atoms with Gasteiger partial charge < -0.3 is 15.7 Å². The van der Waals surface area contributed by atoms with Gasteiger partial charge in [-0.1, -0.05) is 71.6 Å². The Morgan fingerprint density at radius 2 is 1.45 bits per heavy atom. The molecule has 172 valence electrons. The first kappa shape index (κ1) is 27.7. The Morgan fingerprint density at radius 3 is 2.00 bits per heavy atom.